The maximum atomic E-state index is 13.4. The molecule has 0 aliphatic carbocycles. The van der Waals surface area contributed by atoms with Crippen LogP contribution in [-0.4, -0.2) is 92.7 Å². The van der Waals surface area contributed by atoms with Crippen molar-refractivity contribution in [2.75, 3.05) is 39.3 Å². The number of nitrogens with zero attached hydrogens (tertiary/aromatic N) is 3. The molecule has 0 bridgehead atoms. The molecule has 3 fully saturated rings. The highest BCUT2D eigenvalue weighted by atomic mass is 32.2. The van der Waals surface area contributed by atoms with Gasteiger partial charge >= 0.3 is 0 Å². The number of aliphatic hydroxyl groups excluding tert-OH is 1. The van der Waals surface area contributed by atoms with Crippen LogP contribution in [0.15, 0.2) is 34.1 Å². The van der Waals surface area contributed by atoms with Crippen molar-refractivity contribution >= 4 is 26.0 Å². The zero-order chi connectivity index (χ0) is 24.7. The first-order valence-electron chi connectivity index (χ1n) is 11.4. The topological polar surface area (TPSA) is 115 Å². The number of sulfonamides is 2. The summed E-state index contributed by atoms with van der Waals surface area (Å²) in [5, 5.41) is 9.62. The molecule has 4 rings (SSSR count). The van der Waals surface area contributed by atoms with Crippen molar-refractivity contribution < 1.29 is 35.5 Å². The van der Waals surface area contributed by atoms with Crippen LogP contribution >= 0.6 is 0 Å². The number of carbonyl (C=O) groups excluding carboxylic acids is 1. The van der Waals surface area contributed by atoms with E-state index in [4.69, 9.17) is 0 Å². The molecule has 2 unspecified atom stereocenters. The minimum absolute atomic E-state index is 0.000236. The molecule has 3 aliphatic heterocycles. The van der Waals surface area contributed by atoms with E-state index in [1.807, 2.05) is 0 Å². The van der Waals surface area contributed by atoms with E-state index < -0.39 is 38.0 Å². The van der Waals surface area contributed by atoms with E-state index >= 15 is 0 Å². The van der Waals surface area contributed by atoms with Crippen LogP contribution < -0.4 is 0 Å². The Morgan fingerprint density at radius 1 is 0.853 bits per heavy atom. The Kier molecular flexibility index (Phi) is 7.04. The van der Waals surface area contributed by atoms with Gasteiger partial charge in [-0.3, -0.25) is 4.79 Å². The van der Waals surface area contributed by atoms with Crippen molar-refractivity contribution in [2.24, 2.45) is 5.92 Å². The summed E-state index contributed by atoms with van der Waals surface area (Å²) in [6, 6.07) is 4.92. The lowest BCUT2D eigenvalue weighted by Crippen LogP contribution is -2.49. The Balaban J connectivity index is 1.45. The second-order valence-electron chi connectivity index (χ2n) is 9.16. The van der Waals surface area contributed by atoms with Gasteiger partial charge in [0, 0.05) is 52.1 Å². The first kappa shape index (κ1) is 25.4. The summed E-state index contributed by atoms with van der Waals surface area (Å²) < 4.78 is 81.0. The van der Waals surface area contributed by atoms with Gasteiger partial charge in [-0.25, -0.2) is 25.6 Å². The summed E-state index contributed by atoms with van der Waals surface area (Å²) >= 11 is 0. The molecule has 1 aromatic rings. The Hall–Kier alpha value is -1.67. The van der Waals surface area contributed by atoms with Crippen LogP contribution in [0, 0.1) is 5.92 Å². The number of hydrogen-bond acceptors (Lipinski definition) is 6. The third kappa shape index (κ3) is 5.13. The molecule has 0 spiro atoms. The maximum Gasteiger partial charge on any atom is 0.251 e. The number of benzene rings is 1. The first-order chi connectivity index (χ1) is 15.9. The lowest BCUT2D eigenvalue weighted by atomic mass is 9.96. The zero-order valence-corrected chi connectivity index (χ0v) is 20.3. The summed E-state index contributed by atoms with van der Waals surface area (Å²) in [6.07, 6.45) is -0.204. The molecule has 190 valence electrons. The fourth-order valence-corrected chi connectivity index (χ4v) is 7.70. The fourth-order valence-electron chi connectivity index (χ4n) is 4.69. The van der Waals surface area contributed by atoms with Crippen LogP contribution in [0.5, 0.6) is 0 Å². The van der Waals surface area contributed by atoms with Crippen LogP contribution in [0.3, 0.4) is 0 Å². The molecule has 0 aromatic heterocycles. The van der Waals surface area contributed by atoms with Gasteiger partial charge in [-0.15, -0.1) is 0 Å². The second kappa shape index (κ2) is 9.41. The average Bonchev–Trinajstić information content (AvgIpc) is 3.26. The number of likely N-dealkylation sites (tertiary alicyclic amines) is 1. The molecule has 3 aliphatic rings. The third-order valence-corrected chi connectivity index (χ3v) is 10.5. The number of rotatable bonds is 5. The van der Waals surface area contributed by atoms with Crippen molar-refractivity contribution in [3.8, 4) is 0 Å². The monoisotopic (exact) mass is 521 g/mol. The maximum absolute atomic E-state index is 13.4. The van der Waals surface area contributed by atoms with E-state index in [0.29, 0.717) is 19.3 Å². The summed E-state index contributed by atoms with van der Waals surface area (Å²) in [6.45, 7) is 0.287. The van der Waals surface area contributed by atoms with E-state index in [2.05, 4.69) is 0 Å². The van der Waals surface area contributed by atoms with Crippen LogP contribution in [0.2, 0.25) is 0 Å². The van der Waals surface area contributed by atoms with Gasteiger partial charge in [0.25, 0.3) is 5.92 Å². The van der Waals surface area contributed by atoms with Gasteiger partial charge in [-0.05, 0) is 43.5 Å². The van der Waals surface area contributed by atoms with Gasteiger partial charge in [0.15, 0.2) is 0 Å². The van der Waals surface area contributed by atoms with E-state index in [-0.39, 0.29) is 67.8 Å². The van der Waals surface area contributed by atoms with Crippen molar-refractivity contribution in [1.29, 1.82) is 0 Å². The number of carbonyl (C=O) groups is 1. The highest BCUT2D eigenvalue weighted by Gasteiger charge is 2.40. The van der Waals surface area contributed by atoms with Crippen LogP contribution in [0.4, 0.5) is 8.78 Å². The number of β-amino-alcohol motifs (C(OH)–C–C–N with tert-alkyl or cyclic N) is 1. The van der Waals surface area contributed by atoms with Gasteiger partial charge < -0.3 is 10.0 Å². The van der Waals surface area contributed by atoms with E-state index in [1.165, 1.54) is 37.8 Å². The first-order valence-corrected chi connectivity index (χ1v) is 14.2. The highest BCUT2D eigenvalue weighted by molar-refractivity contribution is 7.89. The number of aliphatic hydroxyl groups is 1. The lowest BCUT2D eigenvalue weighted by molar-refractivity contribution is -0.142. The third-order valence-electron chi connectivity index (χ3n) is 6.77. The number of alkyl halides is 2. The smallest absolute Gasteiger partial charge is 0.251 e. The van der Waals surface area contributed by atoms with Crippen molar-refractivity contribution in [1.82, 2.24) is 13.5 Å². The van der Waals surface area contributed by atoms with E-state index in [1.54, 1.807) is 0 Å². The minimum atomic E-state index is -3.97. The van der Waals surface area contributed by atoms with E-state index in [9.17, 15) is 35.5 Å². The SMILES string of the molecule is O=C(C1CCCN(S(=O)(=O)c2ccc(S(=O)(=O)N3CCC(O)C3)cc2)C1)N1CCC(F)(F)CC1. The minimum Gasteiger partial charge on any atom is -0.392 e. The second-order valence-corrected chi connectivity index (χ2v) is 13.0. The Morgan fingerprint density at radius 3 is 1.88 bits per heavy atom. The van der Waals surface area contributed by atoms with Crippen molar-refractivity contribution in [3.63, 3.8) is 0 Å². The van der Waals surface area contributed by atoms with Crippen molar-refractivity contribution in [3.05, 3.63) is 24.3 Å². The molecular formula is C21H29F2N3O6S2. The number of halogens is 2. The largest absolute Gasteiger partial charge is 0.392 e. The molecule has 13 heteroatoms. The van der Waals surface area contributed by atoms with Gasteiger partial charge in [-0.2, -0.15) is 8.61 Å². The highest BCUT2D eigenvalue weighted by Crippen LogP contribution is 2.31. The molecular weight excluding hydrogens is 492 g/mol. The van der Waals surface area contributed by atoms with Gasteiger partial charge in [0.2, 0.25) is 26.0 Å². The predicted octanol–water partition coefficient (Wildman–Crippen LogP) is 1.10. The molecule has 0 radical (unpaired) electrons. The summed E-state index contributed by atoms with van der Waals surface area (Å²) in [5.74, 6) is -3.67. The van der Waals surface area contributed by atoms with E-state index in [0.717, 1.165) is 0 Å². The van der Waals surface area contributed by atoms with Crippen LogP contribution in [-0.2, 0) is 24.8 Å². The molecule has 1 amide bonds. The average molecular weight is 522 g/mol. The molecule has 3 saturated heterocycles. The lowest BCUT2D eigenvalue weighted by Gasteiger charge is -2.37. The predicted molar refractivity (Wildman–Crippen MR) is 118 cm³/mol. The Bertz CT molecular complexity index is 1120. The zero-order valence-electron chi connectivity index (χ0n) is 18.6. The molecule has 3 heterocycles. The molecule has 1 aromatic carbocycles. The summed E-state index contributed by atoms with van der Waals surface area (Å²) in [5.41, 5.74) is 0. The van der Waals surface area contributed by atoms with Gasteiger partial charge in [-0.1, -0.05) is 0 Å². The van der Waals surface area contributed by atoms with Crippen LogP contribution in [0.1, 0.15) is 32.1 Å². The van der Waals surface area contributed by atoms with Gasteiger partial charge in [0.1, 0.15) is 0 Å². The molecule has 34 heavy (non-hydrogen) atoms. The molecule has 2 atom stereocenters. The Morgan fingerprint density at radius 2 is 1.38 bits per heavy atom. The number of piperidine rings is 2. The number of amides is 1. The normalized spacial score (nSPS) is 27.1. The Labute approximate surface area is 198 Å². The summed E-state index contributed by atoms with van der Waals surface area (Å²) in [7, 11) is -7.81. The quantitative estimate of drug-likeness (QED) is 0.621. The van der Waals surface area contributed by atoms with Gasteiger partial charge in [0.05, 0.1) is 21.8 Å². The summed E-state index contributed by atoms with van der Waals surface area (Å²) in [4.78, 5) is 14.1. The fraction of sp³-hybridized carbons (Fsp3) is 0.667. The standard InChI is InChI=1S/C21H29F2N3O6S2/c22-21(23)8-12-24(13-9-21)20(28)16-2-1-10-25(14-16)33(29,30)18-3-5-19(6-4-18)34(31,32)26-11-7-17(27)15-26/h3-6,16-17,27H,1-2,7-15H2. The molecule has 1 N–H and O–H groups in total. The molecule has 9 nitrogen and oxygen atoms in total. The van der Waals surface area contributed by atoms with Crippen LogP contribution in [0.25, 0.3) is 0 Å². The number of hydrogen-bond donors (Lipinski definition) is 1. The van der Waals surface area contributed by atoms with Crippen molar-refractivity contribution in [2.45, 2.75) is 53.9 Å². The molecule has 0 saturated carbocycles.